The summed E-state index contributed by atoms with van der Waals surface area (Å²) in [6, 6.07) is 5.09. The van der Waals surface area contributed by atoms with E-state index in [9.17, 15) is 4.79 Å². The van der Waals surface area contributed by atoms with Crippen LogP contribution in [0.4, 0.5) is 0 Å². The Labute approximate surface area is 99.1 Å². The lowest BCUT2D eigenvalue weighted by Gasteiger charge is -2.08. The molecule has 0 saturated carbocycles. The number of esters is 1. The van der Waals surface area contributed by atoms with Crippen molar-refractivity contribution < 1.29 is 9.53 Å². The molecule has 4 heteroatoms. The topological polar surface area (TPSA) is 26.3 Å². The van der Waals surface area contributed by atoms with Gasteiger partial charge in [0.15, 0.2) is 0 Å². The molecule has 0 aliphatic rings. The Morgan fingerprint density at radius 3 is 2.60 bits per heavy atom. The predicted octanol–water partition coefficient (Wildman–Crippen LogP) is 3.69. The summed E-state index contributed by atoms with van der Waals surface area (Å²) in [5.74, 6) is -0.364. The van der Waals surface area contributed by atoms with E-state index in [4.69, 9.17) is 27.9 Å². The molecule has 0 N–H and O–H groups in total. The summed E-state index contributed by atoms with van der Waals surface area (Å²) in [6.45, 7) is 3.75. The predicted molar refractivity (Wildman–Crippen MR) is 61.1 cm³/mol. The van der Waals surface area contributed by atoms with Crippen molar-refractivity contribution in [3.63, 3.8) is 0 Å². The average molecular weight is 247 g/mol. The van der Waals surface area contributed by atoms with Gasteiger partial charge in [0, 0.05) is 15.6 Å². The van der Waals surface area contributed by atoms with Gasteiger partial charge in [-0.05, 0) is 12.1 Å². The number of halogens is 2. The average Bonchev–Trinajstić information content (AvgIpc) is 2.15. The second-order valence-corrected chi connectivity index (χ2v) is 4.34. The highest BCUT2D eigenvalue weighted by atomic mass is 35.5. The van der Waals surface area contributed by atoms with Crippen molar-refractivity contribution in [3.8, 4) is 0 Å². The summed E-state index contributed by atoms with van der Waals surface area (Å²) >= 11 is 11.7. The van der Waals surface area contributed by atoms with Crippen LogP contribution in [0.25, 0.3) is 0 Å². The number of carbonyl (C=O) groups is 1. The Morgan fingerprint density at radius 1 is 1.40 bits per heavy atom. The fraction of sp³-hybridized carbons (Fsp3) is 0.364. The molecule has 2 nitrogen and oxygen atoms in total. The van der Waals surface area contributed by atoms with Crippen LogP contribution in [0.3, 0.4) is 0 Å². The number of hydrogen-bond donors (Lipinski definition) is 0. The van der Waals surface area contributed by atoms with Gasteiger partial charge in [-0.25, -0.2) is 0 Å². The third-order valence-corrected chi connectivity index (χ3v) is 2.44. The van der Waals surface area contributed by atoms with E-state index in [-0.39, 0.29) is 18.5 Å². The molecule has 1 aromatic rings. The van der Waals surface area contributed by atoms with E-state index in [0.29, 0.717) is 10.0 Å². The molecule has 0 unspecified atom stereocenters. The molecule has 0 aliphatic heterocycles. The molecule has 15 heavy (non-hydrogen) atoms. The molecule has 0 amide bonds. The van der Waals surface area contributed by atoms with Gasteiger partial charge in [0.1, 0.15) is 6.61 Å². The highest BCUT2D eigenvalue weighted by molar-refractivity contribution is 6.35. The lowest BCUT2D eigenvalue weighted by atomic mass is 10.2. The van der Waals surface area contributed by atoms with Crippen molar-refractivity contribution in [2.75, 3.05) is 0 Å². The Morgan fingerprint density at radius 2 is 2.07 bits per heavy atom. The van der Waals surface area contributed by atoms with E-state index >= 15 is 0 Å². The van der Waals surface area contributed by atoms with E-state index in [1.54, 1.807) is 32.0 Å². The van der Waals surface area contributed by atoms with Crippen LogP contribution < -0.4 is 0 Å². The van der Waals surface area contributed by atoms with Crippen LogP contribution in [0.2, 0.25) is 10.0 Å². The molecular weight excluding hydrogens is 235 g/mol. The van der Waals surface area contributed by atoms with E-state index in [2.05, 4.69) is 0 Å². The molecule has 0 saturated heterocycles. The first-order chi connectivity index (χ1) is 7.00. The first-order valence-electron chi connectivity index (χ1n) is 4.61. The maximum Gasteiger partial charge on any atom is 0.308 e. The lowest BCUT2D eigenvalue weighted by molar-refractivity contribution is -0.148. The fourth-order valence-corrected chi connectivity index (χ4v) is 1.42. The smallest absolute Gasteiger partial charge is 0.308 e. The van der Waals surface area contributed by atoms with Crippen LogP contribution in [-0.4, -0.2) is 5.97 Å². The summed E-state index contributed by atoms with van der Waals surface area (Å²) in [4.78, 5) is 11.2. The van der Waals surface area contributed by atoms with Crippen LogP contribution in [0.15, 0.2) is 18.2 Å². The zero-order valence-electron chi connectivity index (χ0n) is 8.59. The van der Waals surface area contributed by atoms with E-state index in [0.717, 1.165) is 5.56 Å². The van der Waals surface area contributed by atoms with Gasteiger partial charge in [-0.15, -0.1) is 0 Å². The Hall–Kier alpha value is -0.730. The summed E-state index contributed by atoms with van der Waals surface area (Å²) in [5.41, 5.74) is 0.759. The maximum absolute atomic E-state index is 11.2. The second kappa shape index (κ2) is 5.38. The summed E-state index contributed by atoms with van der Waals surface area (Å²) in [7, 11) is 0. The molecule has 0 atom stereocenters. The number of rotatable bonds is 3. The first kappa shape index (κ1) is 12.3. The largest absolute Gasteiger partial charge is 0.461 e. The molecule has 82 valence electrons. The highest BCUT2D eigenvalue weighted by Gasteiger charge is 2.09. The van der Waals surface area contributed by atoms with Crippen LogP contribution in [0.5, 0.6) is 0 Å². The molecular formula is C11H12Cl2O2. The minimum Gasteiger partial charge on any atom is -0.461 e. The molecule has 0 aliphatic carbocycles. The zero-order valence-corrected chi connectivity index (χ0v) is 10.1. The standard InChI is InChI=1S/C11H12Cl2O2/c1-7(2)11(14)15-6-8-3-4-9(12)5-10(8)13/h3-5,7H,6H2,1-2H3. The molecule has 0 aromatic heterocycles. The molecule has 0 heterocycles. The Kier molecular flexibility index (Phi) is 4.43. The quantitative estimate of drug-likeness (QED) is 0.761. The SMILES string of the molecule is CC(C)C(=O)OCc1ccc(Cl)cc1Cl. The number of carbonyl (C=O) groups excluding carboxylic acids is 1. The van der Waals surface area contributed by atoms with Gasteiger partial charge in [-0.2, -0.15) is 0 Å². The molecule has 1 aromatic carbocycles. The minimum absolute atomic E-state index is 0.129. The van der Waals surface area contributed by atoms with Gasteiger partial charge in [0.2, 0.25) is 0 Å². The van der Waals surface area contributed by atoms with E-state index < -0.39 is 0 Å². The number of benzene rings is 1. The molecule has 0 radical (unpaired) electrons. The second-order valence-electron chi connectivity index (χ2n) is 3.50. The van der Waals surface area contributed by atoms with Crippen molar-refractivity contribution in [3.05, 3.63) is 33.8 Å². The monoisotopic (exact) mass is 246 g/mol. The van der Waals surface area contributed by atoms with E-state index in [1.807, 2.05) is 0 Å². The van der Waals surface area contributed by atoms with Crippen LogP contribution in [0.1, 0.15) is 19.4 Å². The summed E-state index contributed by atoms with van der Waals surface area (Å²) in [5, 5.41) is 1.08. The van der Waals surface area contributed by atoms with Gasteiger partial charge in [-0.1, -0.05) is 43.1 Å². The lowest BCUT2D eigenvalue weighted by Crippen LogP contribution is -2.11. The normalized spacial score (nSPS) is 10.5. The van der Waals surface area contributed by atoms with E-state index in [1.165, 1.54) is 0 Å². The van der Waals surface area contributed by atoms with Crippen molar-refractivity contribution in [1.29, 1.82) is 0 Å². The summed E-state index contributed by atoms with van der Waals surface area (Å²) < 4.78 is 5.04. The van der Waals surface area contributed by atoms with Crippen molar-refractivity contribution in [2.24, 2.45) is 5.92 Å². The Bertz CT molecular complexity index is 362. The van der Waals surface area contributed by atoms with Crippen molar-refractivity contribution in [2.45, 2.75) is 20.5 Å². The van der Waals surface area contributed by atoms with Crippen LogP contribution in [0, 0.1) is 5.92 Å². The number of hydrogen-bond acceptors (Lipinski definition) is 2. The zero-order chi connectivity index (χ0) is 11.4. The Balaban J connectivity index is 2.62. The van der Waals surface area contributed by atoms with Crippen LogP contribution in [-0.2, 0) is 16.1 Å². The third kappa shape index (κ3) is 3.73. The van der Waals surface area contributed by atoms with Crippen molar-refractivity contribution >= 4 is 29.2 Å². The van der Waals surface area contributed by atoms with Gasteiger partial charge >= 0.3 is 5.97 Å². The number of ether oxygens (including phenoxy) is 1. The van der Waals surface area contributed by atoms with Gasteiger partial charge < -0.3 is 4.74 Å². The summed E-state index contributed by atoms with van der Waals surface area (Å²) in [6.07, 6.45) is 0. The highest BCUT2D eigenvalue weighted by Crippen LogP contribution is 2.21. The van der Waals surface area contributed by atoms with Crippen LogP contribution >= 0.6 is 23.2 Å². The molecule has 0 bridgehead atoms. The molecule has 0 spiro atoms. The molecule has 0 fully saturated rings. The third-order valence-electron chi connectivity index (χ3n) is 1.86. The maximum atomic E-state index is 11.2. The van der Waals surface area contributed by atoms with Gasteiger partial charge in [0.05, 0.1) is 5.92 Å². The van der Waals surface area contributed by atoms with Gasteiger partial charge in [0.25, 0.3) is 0 Å². The van der Waals surface area contributed by atoms with Gasteiger partial charge in [-0.3, -0.25) is 4.79 Å². The fourth-order valence-electron chi connectivity index (χ4n) is 0.954. The minimum atomic E-state index is -0.235. The molecule has 1 rings (SSSR count). The first-order valence-corrected chi connectivity index (χ1v) is 5.37. The van der Waals surface area contributed by atoms with Crippen molar-refractivity contribution in [1.82, 2.24) is 0 Å².